The molecule has 0 aliphatic carbocycles. The van der Waals surface area contributed by atoms with E-state index in [1.165, 1.54) is 11.5 Å². The highest BCUT2D eigenvalue weighted by molar-refractivity contribution is 8.13. The average molecular weight is 249 g/mol. The molecule has 0 atom stereocenters. The Kier molecular flexibility index (Phi) is 2.42. The number of halogens is 1. The predicted molar refractivity (Wildman–Crippen MR) is 55.9 cm³/mol. The highest BCUT2D eigenvalue weighted by Crippen LogP contribution is 2.18. The molecular weight excluding hydrogens is 244 g/mol. The minimum absolute atomic E-state index is 0.179. The fourth-order valence-electron chi connectivity index (χ4n) is 1.12. The monoisotopic (exact) mass is 248 g/mol. The van der Waals surface area contributed by atoms with E-state index < -0.39 is 9.05 Å². The van der Waals surface area contributed by atoms with Gasteiger partial charge in [0.1, 0.15) is 5.52 Å². The second-order valence-electron chi connectivity index (χ2n) is 2.76. The number of nitrogens with zero attached hydrogens (tertiary/aromatic N) is 2. The molecule has 0 saturated carbocycles. The number of hydrogen-bond acceptors (Lipinski definition) is 5. The van der Waals surface area contributed by atoms with Crippen LogP contribution in [0.15, 0.2) is 18.2 Å². The second-order valence-corrected chi connectivity index (χ2v) is 6.32. The van der Waals surface area contributed by atoms with E-state index in [1.54, 1.807) is 18.2 Å². The molecule has 0 radical (unpaired) electrons. The maximum absolute atomic E-state index is 10.8. The molecule has 4 nitrogen and oxygen atoms in total. The normalized spacial score (nSPS) is 12.1. The Morgan fingerprint density at radius 3 is 2.93 bits per heavy atom. The molecule has 1 aromatic carbocycles. The van der Waals surface area contributed by atoms with Crippen molar-refractivity contribution < 1.29 is 8.42 Å². The zero-order valence-electron chi connectivity index (χ0n) is 6.84. The van der Waals surface area contributed by atoms with Gasteiger partial charge in [0.2, 0.25) is 9.05 Å². The average Bonchev–Trinajstić information content (AvgIpc) is 2.47. The van der Waals surface area contributed by atoms with Gasteiger partial charge in [-0.05, 0) is 29.2 Å². The van der Waals surface area contributed by atoms with Gasteiger partial charge in [0.15, 0.2) is 0 Å². The van der Waals surface area contributed by atoms with Gasteiger partial charge in [-0.3, -0.25) is 0 Å². The molecule has 2 rings (SSSR count). The zero-order chi connectivity index (χ0) is 10.2. The van der Waals surface area contributed by atoms with Crippen LogP contribution in [0.4, 0.5) is 0 Å². The molecule has 0 saturated heterocycles. The fraction of sp³-hybridized carbons (Fsp3) is 0.143. The van der Waals surface area contributed by atoms with Crippen molar-refractivity contribution in [2.24, 2.45) is 0 Å². The van der Waals surface area contributed by atoms with Gasteiger partial charge in [-0.15, -0.1) is 5.10 Å². The van der Waals surface area contributed by atoms with Crippen LogP contribution >= 0.6 is 22.2 Å². The van der Waals surface area contributed by atoms with Crippen LogP contribution in [0, 0.1) is 0 Å². The molecule has 0 amide bonds. The topological polar surface area (TPSA) is 59.9 Å². The number of aromatic nitrogens is 2. The fourth-order valence-corrected chi connectivity index (χ4v) is 2.61. The molecular formula is C7H5ClN2O2S2. The Hall–Kier alpha value is -0.720. The van der Waals surface area contributed by atoms with Crippen molar-refractivity contribution in [2.75, 3.05) is 0 Å². The summed E-state index contributed by atoms with van der Waals surface area (Å²) in [6.07, 6.45) is 0. The largest absolute Gasteiger partial charge is 0.236 e. The lowest BCUT2D eigenvalue weighted by Crippen LogP contribution is -1.94. The Balaban J connectivity index is 2.44. The van der Waals surface area contributed by atoms with Gasteiger partial charge in [0.25, 0.3) is 0 Å². The van der Waals surface area contributed by atoms with Crippen molar-refractivity contribution in [3.8, 4) is 0 Å². The van der Waals surface area contributed by atoms with Gasteiger partial charge in [0.05, 0.1) is 10.5 Å². The lowest BCUT2D eigenvalue weighted by molar-refractivity contribution is 0.609. The minimum Gasteiger partial charge on any atom is -0.212 e. The lowest BCUT2D eigenvalue weighted by Gasteiger charge is -1.96. The third-order valence-electron chi connectivity index (χ3n) is 1.65. The van der Waals surface area contributed by atoms with Crippen LogP contribution in [0.2, 0.25) is 0 Å². The first-order chi connectivity index (χ1) is 6.54. The van der Waals surface area contributed by atoms with E-state index in [9.17, 15) is 8.42 Å². The summed E-state index contributed by atoms with van der Waals surface area (Å²) in [5, 5.41) is 3.84. The molecule has 1 heterocycles. The smallest absolute Gasteiger partial charge is 0.212 e. The van der Waals surface area contributed by atoms with Gasteiger partial charge < -0.3 is 0 Å². The molecule has 0 aliphatic rings. The van der Waals surface area contributed by atoms with Gasteiger partial charge >= 0.3 is 0 Å². The first-order valence-electron chi connectivity index (χ1n) is 3.68. The summed E-state index contributed by atoms with van der Waals surface area (Å²) >= 11 is 1.27. The summed E-state index contributed by atoms with van der Waals surface area (Å²) in [6, 6.07) is 5.18. The van der Waals surface area contributed by atoms with Crippen molar-refractivity contribution in [2.45, 2.75) is 5.75 Å². The number of rotatable bonds is 2. The SMILES string of the molecule is O=S(=O)(Cl)Cc1ccc2snnc2c1. The van der Waals surface area contributed by atoms with E-state index in [-0.39, 0.29) is 5.75 Å². The molecule has 0 fully saturated rings. The van der Waals surface area contributed by atoms with Crippen LogP contribution in [-0.4, -0.2) is 18.0 Å². The molecule has 74 valence electrons. The Bertz CT molecular complexity index is 564. The summed E-state index contributed by atoms with van der Waals surface area (Å²) in [5.41, 5.74) is 1.33. The molecule has 0 unspecified atom stereocenters. The van der Waals surface area contributed by atoms with Gasteiger partial charge in [0, 0.05) is 10.7 Å². The van der Waals surface area contributed by atoms with Crippen LogP contribution in [0.1, 0.15) is 5.56 Å². The van der Waals surface area contributed by atoms with E-state index in [0.29, 0.717) is 11.1 Å². The standard InChI is InChI=1S/C7H5ClN2O2S2/c8-14(11,12)4-5-1-2-7-6(3-5)9-10-13-7/h1-3H,4H2. The van der Waals surface area contributed by atoms with E-state index in [1.807, 2.05) is 0 Å². The number of fused-ring (bicyclic) bond motifs is 1. The second kappa shape index (κ2) is 3.45. The highest BCUT2D eigenvalue weighted by atomic mass is 35.7. The van der Waals surface area contributed by atoms with Crippen LogP contribution in [0.5, 0.6) is 0 Å². The van der Waals surface area contributed by atoms with Crippen molar-refractivity contribution in [1.29, 1.82) is 0 Å². The van der Waals surface area contributed by atoms with Gasteiger partial charge in [-0.1, -0.05) is 10.6 Å². The third-order valence-corrected chi connectivity index (χ3v) is 3.36. The molecule has 0 spiro atoms. The molecule has 2 aromatic rings. The maximum atomic E-state index is 10.8. The van der Waals surface area contributed by atoms with Gasteiger partial charge in [-0.2, -0.15) is 0 Å². The van der Waals surface area contributed by atoms with Crippen molar-refractivity contribution in [3.05, 3.63) is 23.8 Å². The number of hydrogen-bond donors (Lipinski definition) is 0. The molecule has 0 N–H and O–H groups in total. The first kappa shape index (κ1) is 9.82. The first-order valence-corrected chi connectivity index (χ1v) is 6.93. The molecule has 1 aromatic heterocycles. The molecule has 0 bridgehead atoms. The molecule has 0 aliphatic heterocycles. The van der Waals surface area contributed by atoms with Crippen molar-refractivity contribution in [1.82, 2.24) is 9.59 Å². The summed E-state index contributed by atoms with van der Waals surface area (Å²) in [7, 11) is 1.63. The quantitative estimate of drug-likeness (QED) is 0.760. The van der Waals surface area contributed by atoms with E-state index in [2.05, 4.69) is 9.59 Å². The molecule has 7 heteroatoms. The lowest BCUT2D eigenvalue weighted by atomic mass is 10.2. The van der Waals surface area contributed by atoms with Crippen LogP contribution in [0.25, 0.3) is 10.2 Å². The van der Waals surface area contributed by atoms with Crippen LogP contribution < -0.4 is 0 Å². The number of benzene rings is 1. The summed E-state index contributed by atoms with van der Waals surface area (Å²) in [5.74, 6) is -0.179. The molecule has 14 heavy (non-hydrogen) atoms. The van der Waals surface area contributed by atoms with Crippen molar-refractivity contribution >= 4 is 41.5 Å². The highest BCUT2D eigenvalue weighted by Gasteiger charge is 2.08. The summed E-state index contributed by atoms with van der Waals surface area (Å²) < 4.78 is 26.3. The maximum Gasteiger partial charge on any atom is 0.236 e. The minimum atomic E-state index is -3.50. The predicted octanol–water partition coefficient (Wildman–Crippen LogP) is 1.76. The van der Waals surface area contributed by atoms with Crippen LogP contribution in [-0.2, 0) is 14.8 Å². The summed E-state index contributed by atoms with van der Waals surface area (Å²) in [6.45, 7) is 0. The Morgan fingerprint density at radius 1 is 1.43 bits per heavy atom. The Labute approximate surface area is 89.1 Å². The van der Waals surface area contributed by atoms with Crippen molar-refractivity contribution in [3.63, 3.8) is 0 Å². The zero-order valence-corrected chi connectivity index (χ0v) is 9.23. The summed E-state index contributed by atoms with van der Waals surface area (Å²) in [4.78, 5) is 0. The van der Waals surface area contributed by atoms with E-state index >= 15 is 0 Å². The van der Waals surface area contributed by atoms with E-state index in [4.69, 9.17) is 10.7 Å². The van der Waals surface area contributed by atoms with E-state index in [0.717, 1.165) is 4.70 Å². The Morgan fingerprint density at radius 2 is 2.21 bits per heavy atom. The van der Waals surface area contributed by atoms with Crippen LogP contribution in [0.3, 0.4) is 0 Å². The van der Waals surface area contributed by atoms with Gasteiger partial charge in [-0.25, -0.2) is 8.42 Å². The third kappa shape index (κ3) is 2.20.